The third kappa shape index (κ3) is 5.77. The van der Waals surface area contributed by atoms with Crippen LogP contribution in [0.5, 0.6) is 0 Å². The van der Waals surface area contributed by atoms with Crippen molar-refractivity contribution in [3.63, 3.8) is 0 Å². The van der Waals surface area contributed by atoms with Gasteiger partial charge in [-0.15, -0.1) is 0 Å². The summed E-state index contributed by atoms with van der Waals surface area (Å²) in [5.41, 5.74) is 2.43. The van der Waals surface area contributed by atoms with E-state index in [9.17, 15) is 4.79 Å². The molecule has 3 heteroatoms. The first-order valence-electron chi connectivity index (χ1n) is 5.91. The lowest BCUT2D eigenvalue weighted by Gasteiger charge is -2.23. The summed E-state index contributed by atoms with van der Waals surface area (Å²) in [6.45, 7) is 8.83. The number of hydrogen-bond acceptors (Lipinski definition) is 2. The van der Waals surface area contributed by atoms with Crippen molar-refractivity contribution in [3.05, 3.63) is 11.8 Å². The highest BCUT2D eigenvalue weighted by Gasteiger charge is 2.22. The predicted octanol–water partition coefficient (Wildman–Crippen LogP) is 3.54. The maximum Gasteiger partial charge on any atom is 0.302 e. The molecule has 0 aliphatic heterocycles. The van der Waals surface area contributed by atoms with E-state index in [2.05, 4.69) is 32.5 Å². The van der Waals surface area contributed by atoms with Crippen LogP contribution >= 0.6 is 0 Å². The molecule has 0 unspecified atom stereocenters. The minimum Gasteiger partial charge on any atom is -0.466 e. The topological polar surface area (TPSA) is 26.3 Å². The Hall–Kier alpha value is -0.573. The fourth-order valence-corrected chi connectivity index (χ4v) is 4.58. The summed E-state index contributed by atoms with van der Waals surface area (Å²) in [6, 6.07) is 3.93. The Morgan fingerprint density at radius 1 is 1.20 bits per heavy atom. The van der Waals surface area contributed by atoms with E-state index in [1.807, 2.05) is 0 Å². The normalized spacial score (nSPS) is 12.0. The number of ether oxygens (including phenoxy) is 1. The van der Waals surface area contributed by atoms with E-state index in [1.165, 1.54) is 25.1 Å². The highest BCUT2D eigenvalue weighted by molar-refractivity contribution is 6.84. The zero-order valence-corrected chi connectivity index (χ0v) is 11.5. The zero-order valence-electron chi connectivity index (χ0n) is 10.5. The van der Waals surface area contributed by atoms with Crippen molar-refractivity contribution in [2.24, 2.45) is 0 Å². The molecule has 88 valence electrons. The average Bonchev–Trinajstić information content (AvgIpc) is 2.24. The van der Waals surface area contributed by atoms with Gasteiger partial charge in [0, 0.05) is 6.92 Å². The first-order valence-corrected chi connectivity index (χ1v) is 8.61. The molecular formula is C12H24O2Si. The zero-order chi connectivity index (χ0) is 11.7. The molecule has 0 fully saturated rings. The highest BCUT2D eigenvalue weighted by Crippen LogP contribution is 2.21. The summed E-state index contributed by atoms with van der Waals surface area (Å²) < 4.78 is 4.88. The van der Waals surface area contributed by atoms with Crippen LogP contribution in [0, 0.1) is 0 Å². The van der Waals surface area contributed by atoms with Gasteiger partial charge in [-0.3, -0.25) is 4.79 Å². The third-order valence-corrected chi connectivity index (χ3v) is 8.34. The molecule has 0 rings (SSSR count). The summed E-state index contributed by atoms with van der Waals surface area (Å²) in [7, 11) is -1.12. The molecule has 0 radical (unpaired) electrons. The van der Waals surface area contributed by atoms with Crippen molar-refractivity contribution in [2.45, 2.75) is 52.2 Å². The maximum atomic E-state index is 10.5. The second kappa shape index (κ2) is 7.68. The second-order valence-corrected chi connectivity index (χ2v) is 9.13. The summed E-state index contributed by atoms with van der Waals surface area (Å²) in [6.07, 6.45) is 3.06. The van der Waals surface area contributed by atoms with Crippen molar-refractivity contribution in [1.82, 2.24) is 0 Å². The predicted molar refractivity (Wildman–Crippen MR) is 67.6 cm³/mol. The third-order valence-electron chi connectivity index (χ3n) is 3.17. The Morgan fingerprint density at radius 2 is 1.73 bits per heavy atom. The molecule has 2 nitrogen and oxygen atoms in total. The van der Waals surface area contributed by atoms with Crippen LogP contribution in [-0.2, 0) is 9.53 Å². The second-order valence-electron chi connectivity index (χ2n) is 3.95. The molecule has 0 aromatic rings. The van der Waals surface area contributed by atoms with Gasteiger partial charge in [0.25, 0.3) is 0 Å². The number of carbonyl (C=O) groups excluding carboxylic acids is 1. The van der Waals surface area contributed by atoms with Crippen molar-refractivity contribution in [2.75, 3.05) is 6.61 Å². The van der Waals surface area contributed by atoms with Crippen LogP contribution in [0.1, 0.15) is 34.1 Å². The Balaban J connectivity index is 3.95. The van der Waals surface area contributed by atoms with E-state index in [0.29, 0.717) is 6.61 Å². The van der Waals surface area contributed by atoms with Crippen LogP contribution < -0.4 is 0 Å². The monoisotopic (exact) mass is 228 g/mol. The Morgan fingerprint density at radius 3 is 2.13 bits per heavy atom. The van der Waals surface area contributed by atoms with E-state index in [-0.39, 0.29) is 5.97 Å². The van der Waals surface area contributed by atoms with Gasteiger partial charge in [0.1, 0.15) is 0 Å². The molecule has 0 N–H and O–H groups in total. The summed E-state index contributed by atoms with van der Waals surface area (Å²) in [5, 5.41) is 0. The molecule has 0 spiro atoms. The summed E-state index contributed by atoms with van der Waals surface area (Å²) >= 11 is 0. The van der Waals surface area contributed by atoms with Gasteiger partial charge in [-0.25, -0.2) is 0 Å². The van der Waals surface area contributed by atoms with Gasteiger partial charge < -0.3 is 4.74 Å². The van der Waals surface area contributed by atoms with Gasteiger partial charge in [0.2, 0.25) is 0 Å². The van der Waals surface area contributed by atoms with Crippen LogP contribution in [0.2, 0.25) is 18.1 Å². The molecule has 0 aromatic heterocycles. The minimum absolute atomic E-state index is 0.187. The Labute approximate surface area is 94.7 Å². The van der Waals surface area contributed by atoms with Crippen LogP contribution in [0.15, 0.2) is 11.8 Å². The van der Waals surface area contributed by atoms with Gasteiger partial charge in [0.05, 0.1) is 14.7 Å². The molecule has 0 saturated heterocycles. The van der Waals surface area contributed by atoms with Crippen molar-refractivity contribution in [3.8, 4) is 0 Å². The van der Waals surface area contributed by atoms with Crippen LogP contribution in [0.25, 0.3) is 0 Å². The van der Waals surface area contributed by atoms with Crippen molar-refractivity contribution in [1.29, 1.82) is 0 Å². The molecule has 0 amide bonds. The SMILES string of the molecule is CC[Si](/C=C/CCOC(C)=O)(CC)CC. The number of hydrogen-bond donors (Lipinski definition) is 0. The fraction of sp³-hybridized carbons (Fsp3) is 0.750. The molecule has 0 aliphatic rings. The maximum absolute atomic E-state index is 10.5. The Bertz CT molecular complexity index is 199. The van der Waals surface area contributed by atoms with E-state index < -0.39 is 8.07 Å². The number of esters is 1. The molecule has 0 saturated carbocycles. The molecular weight excluding hydrogens is 204 g/mol. The lowest BCUT2D eigenvalue weighted by molar-refractivity contribution is -0.140. The van der Waals surface area contributed by atoms with Crippen molar-refractivity contribution >= 4 is 14.0 Å². The van der Waals surface area contributed by atoms with E-state index in [1.54, 1.807) is 0 Å². The van der Waals surface area contributed by atoms with Crippen LogP contribution in [0.3, 0.4) is 0 Å². The molecule has 0 atom stereocenters. The number of carbonyl (C=O) groups is 1. The minimum atomic E-state index is -1.12. The van der Waals surface area contributed by atoms with E-state index in [0.717, 1.165) is 6.42 Å². The van der Waals surface area contributed by atoms with Gasteiger partial charge in [-0.1, -0.05) is 50.7 Å². The smallest absolute Gasteiger partial charge is 0.302 e. The lowest BCUT2D eigenvalue weighted by Crippen LogP contribution is -2.28. The summed E-state index contributed by atoms with van der Waals surface area (Å²) in [4.78, 5) is 10.5. The lowest BCUT2D eigenvalue weighted by atomic mass is 10.4. The molecule has 0 heterocycles. The highest BCUT2D eigenvalue weighted by atomic mass is 28.3. The van der Waals surface area contributed by atoms with Crippen molar-refractivity contribution < 1.29 is 9.53 Å². The first-order chi connectivity index (χ1) is 7.10. The average molecular weight is 228 g/mol. The number of rotatable bonds is 7. The Kier molecular flexibility index (Phi) is 7.39. The summed E-state index contributed by atoms with van der Waals surface area (Å²) in [5.74, 6) is -0.187. The molecule has 0 bridgehead atoms. The standard InChI is InChI=1S/C12H24O2Si/c1-5-15(6-2,7-3)11-9-8-10-14-12(4)13/h9,11H,5-8,10H2,1-4H3/b11-9+. The first kappa shape index (κ1) is 14.4. The quantitative estimate of drug-likeness (QED) is 0.378. The van der Waals surface area contributed by atoms with Gasteiger partial charge >= 0.3 is 5.97 Å². The van der Waals surface area contributed by atoms with Gasteiger partial charge in [-0.2, -0.15) is 0 Å². The largest absolute Gasteiger partial charge is 0.466 e. The van der Waals surface area contributed by atoms with E-state index >= 15 is 0 Å². The van der Waals surface area contributed by atoms with Gasteiger partial charge in [0.15, 0.2) is 0 Å². The molecule has 15 heavy (non-hydrogen) atoms. The molecule has 0 aliphatic carbocycles. The van der Waals surface area contributed by atoms with Crippen LogP contribution in [-0.4, -0.2) is 20.7 Å². The van der Waals surface area contributed by atoms with Gasteiger partial charge in [-0.05, 0) is 6.42 Å². The fourth-order valence-electron chi connectivity index (χ4n) is 1.71. The van der Waals surface area contributed by atoms with Crippen LogP contribution in [0.4, 0.5) is 0 Å². The molecule has 0 aromatic carbocycles. The van der Waals surface area contributed by atoms with E-state index in [4.69, 9.17) is 4.74 Å².